The molecule has 0 aromatic heterocycles. The maximum atomic E-state index is 11.0. The number of likely N-dealkylation sites (tertiary alicyclic amines) is 1. The van der Waals surface area contributed by atoms with E-state index in [0.29, 0.717) is 12.5 Å². The average molecular weight is 359 g/mol. The summed E-state index contributed by atoms with van der Waals surface area (Å²) in [6.45, 7) is 2.39. The van der Waals surface area contributed by atoms with Gasteiger partial charge in [0.15, 0.2) is 0 Å². The summed E-state index contributed by atoms with van der Waals surface area (Å²) in [6.07, 6.45) is 11.2. The summed E-state index contributed by atoms with van der Waals surface area (Å²) >= 11 is 0. The lowest BCUT2D eigenvalue weighted by Crippen LogP contribution is -2.49. The van der Waals surface area contributed by atoms with Crippen LogP contribution in [0.3, 0.4) is 0 Å². The van der Waals surface area contributed by atoms with Crippen LogP contribution in [0.25, 0.3) is 0 Å². The molecule has 2 N–H and O–H groups in total. The van der Waals surface area contributed by atoms with Crippen LogP contribution in [0.1, 0.15) is 63.4 Å². The molecule has 1 aliphatic heterocycles. The Morgan fingerprint density at radius 1 is 1.08 bits per heavy atom. The molecule has 3 rings (SSSR count). The van der Waals surface area contributed by atoms with Gasteiger partial charge in [-0.05, 0) is 57.2 Å². The van der Waals surface area contributed by atoms with E-state index in [-0.39, 0.29) is 12.5 Å². The quantitative estimate of drug-likeness (QED) is 0.741. The number of nitrogens with zero attached hydrogens (tertiary/aromatic N) is 1. The Morgan fingerprint density at radius 3 is 2.42 bits per heavy atom. The van der Waals surface area contributed by atoms with Crippen molar-refractivity contribution in [1.82, 2.24) is 10.2 Å². The molecule has 0 radical (unpaired) electrons. The Morgan fingerprint density at radius 2 is 1.77 bits per heavy atom. The Hall–Kier alpha value is -1.39. The molecule has 1 unspecified atom stereocenters. The number of aliphatic carboxylic acids is 1. The minimum absolute atomic E-state index is 0.241. The zero-order chi connectivity index (χ0) is 18.2. The number of piperidine rings is 1. The van der Waals surface area contributed by atoms with Gasteiger partial charge in [0, 0.05) is 24.5 Å². The van der Waals surface area contributed by atoms with Crippen molar-refractivity contribution in [3.63, 3.8) is 0 Å². The lowest BCUT2D eigenvalue weighted by atomic mass is 9.91. The maximum absolute atomic E-state index is 11.0. The standard InChI is InChI=1S/C22H34N2O2/c25-22(26)12-11-20(17-18-7-3-1-4-8-18)23-19-13-15-24(16-14-19)21-9-5-2-6-10-21/h1,3-4,7-8,19-21,23H,2,5-6,9-17H2,(H,25,26). The number of carboxylic acids is 1. The Labute approximate surface area is 158 Å². The predicted octanol–water partition coefficient (Wildman–Crippen LogP) is 3.85. The summed E-state index contributed by atoms with van der Waals surface area (Å²) in [5.74, 6) is -0.697. The summed E-state index contributed by atoms with van der Waals surface area (Å²) in [7, 11) is 0. The molecule has 2 fully saturated rings. The highest BCUT2D eigenvalue weighted by Crippen LogP contribution is 2.25. The molecule has 1 aromatic rings. The van der Waals surface area contributed by atoms with E-state index < -0.39 is 5.97 Å². The van der Waals surface area contributed by atoms with Crippen molar-refractivity contribution in [3.05, 3.63) is 35.9 Å². The summed E-state index contributed by atoms with van der Waals surface area (Å²) in [6, 6.07) is 12.0. The monoisotopic (exact) mass is 358 g/mol. The first-order valence-corrected chi connectivity index (χ1v) is 10.5. The van der Waals surface area contributed by atoms with Crippen LogP contribution in [0.15, 0.2) is 30.3 Å². The van der Waals surface area contributed by atoms with E-state index in [4.69, 9.17) is 5.11 Å². The largest absolute Gasteiger partial charge is 0.481 e. The highest BCUT2D eigenvalue weighted by atomic mass is 16.4. The number of hydrogen-bond acceptors (Lipinski definition) is 3. The lowest BCUT2D eigenvalue weighted by molar-refractivity contribution is -0.137. The molecule has 1 saturated heterocycles. The van der Waals surface area contributed by atoms with Gasteiger partial charge in [0.25, 0.3) is 0 Å². The zero-order valence-electron chi connectivity index (χ0n) is 15.9. The molecule has 0 amide bonds. The third-order valence-electron chi connectivity index (χ3n) is 6.12. The van der Waals surface area contributed by atoms with Crippen LogP contribution < -0.4 is 5.32 Å². The zero-order valence-corrected chi connectivity index (χ0v) is 15.9. The van der Waals surface area contributed by atoms with Gasteiger partial charge in [0.1, 0.15) is 0 Å². The van der Waals surface area contributed by atoms with Crippen molar-refractivity contribution in [3.8, 4) is 0 Å². The maximum Gasteiger partial charge on any atom is 0.303 e. The third kappa shape index (κ3) is 6.10. The predicted molar refractivity (Wildman–Crippen MR) is 105 cm³/mol. The highest BCUT2D eigenvalue weighted by Gasteiger charge is 2.27. The second-order valence-electron chi connectivity index (χ2n) is 8.09. The second-order valence-corrected chi connectivity index (χ2v) is 8.09. The van der Waals surface area contributed by atoms with E-state index in [2.05, 4.69) is 34.5 Å². The van der Waals surface area contributed by atoms with Gasteiger partial charge in [-0.1, -0.05) is 49.6 Å². The van der Waals surface area contributed by atoms with Gasteiger partial charge in [-0.2, -0.15) is 0 Å². The van der Waals surface area contributed by atoms with Gasteiger partial charge in [0.05, 0.1) is 0 Å². The van der Waals surface area contributed by atoms with Crippen LogP contribution in [0.5, 0.6) is 0 Å². The number of carboxylic acid groups (broad SMARTS) is 1. The Balaban J connectivity index is 1.49. The van der Waals surface area contributed by atoms with Crippen molar-refractivity contribution in [2.75, 3.05) is 13.1 Å². The summed E-state index contributed by atoms with van der Waals surface area (Å²) in [4.78, 5) is 13.7. The fourth-order valence-corrected chi connectivity index (χ4v) is 4.65. The first kappa shape index (κ1) is 19.4. The number of nitrogens with one attached hydrogen (secondary N) is 1. The summed E-state index contributed by atoms with van der Waals surface area (Å²) in [5, 5.41) is 12.9. The van der Waals surface area contributed by atoms with Crippen molar-refractivity contribution >= 4 is 5.97 Å². The molecular weight excluding hydrogens is 324 g/mol. The van der Waals surface area contributed by atoms with Crippen LogP contribution >= 0.6 is 0 Å². The number of rotatable bonds is 8. The molecule has 1 aliphatic carbocycles. The molecule has 26 heavy (non-hydrogen) atoms. The van der Waals surface area contributed by atoms with Gasteiger partial charge in [0.2, 0.25) is 0 Å². The van der Waals surface area contributed by atoms with E-state index in [1.165, 1.54) is 63.6 Å². The molecule has 1 heterocycles. The number of benzene rings is 1. The molecule has 1 atom stereocenters. The molecule has 0 spiro atoms. The minimum atomic E-state index is -0.697. The first-order chi connectivity index (χ1) is 12.7. The van der Waals surface area contributed by atoms with Crippen molar-refractivity contribution in [2.24, 2.45) is 0 Å². The van der Waals surface area contributed by atoms with Crippen molar-refractivity contribution < 1.29 is 9.90 Å². The van der Waals surface area contributed by atoms with Gasteiger partial charge >= 0.3 is 5.97 Å². The summed E-state index contributed by atoms with van der Waals surface area (Å²) < 4.78 is 0. The average Bonchev–Trinajstić information content (AvgIpc) is 2.68. The molecule has 2 aliphatic rings. The van der Waals surface area contributed by atoms with Crippen molar-refractivity contribution in [2.45, 2.75) is 82.3 Å². The van der Waals surface area contributed by atoms with Gasteiger partial charge in [-0.25, -0.2) is 0 Å². The second kappa shape index (κ2) is 10.1. The minimum Gasteiger partial charge on any atom is -0.481 e. The number of carbonyl (C=O) groups is 1. The van der Waals surface area contributed by atoms with Crippen LogP contribution in [-0.2, 0) is 11.2 Å². The molecule has 1 saturated carbocycles. The van der Waals surface area contributed by atoms with E-state index >= 15 is 0 Å². The molecule has 0 bridgehead atoms. The van der Waals surface area contributed by atoms with Crippen LogP contribution in [-0.4, -0.2) is 47.2 Å². The first-order valence-electron chi connectivity index (χ1n) is 10.5. The van der Waals surface area contributed by atoms with E-state index in [9.17, 15) is 4.79 Å². The van der Waals surface area contributed by atoms with E-state index in [1.807, 2.05) is 6.07 Å². The van der Waals surface area contributed by atoms with Crippen LogP contribution in [0.4, 0.5) is 0 Å². The molecule has 144 valence electrons. The SMILES string of the molecule is O=C(O)CCC(Cc1ccccc1)NC1CCN(C2CCCCC2)CC1. The molecule has 1 aromatic carbocycles. The smallest absolute Gasteiger partial charge is 0.303 e. The number of hydrogen-bond donors (Lipinski definition) is 2. The lowest BCUT2D eigenvalue weighted by Gasteiger charge is -2.40. The Bertz CT molecular complexity index is 534. The van der Waals surface area contributed by atoms with E-state index in [0.717, 1.165) is 12.5 Å². The van der Waals surface area contributed by atoms with E-state index in [1.54, 1.807) is 0 Å². The topological polar surface area (TPSA) is 52.6 Å². The van der Waals surface area contributed by atoms with Gasteiger partial charge < -0.3 is 15.3 Å². The normalized spacial score (nSPS) is 21.5. The van der Waals surface area contributed by atoms with Crippen molar-refractivity contribution in [1.29, 1.82) is 0 Å². The third-order valence-corrected chi connectivity index (χ3v) is 6.12. The van der Waals surface area contributed by atoms with Crippen LogP contribution in [0.2, 0.25) is 0 Å². The molecular formula is C22H34N2O2. The van der Waals surface area contributed by atoms with Gasteiger partial charge in [-0.3, -0.25) is 4.79 Å². The molecule has 4 heteroatoms. The fourth-order valence-electron chi connectivity index (χ4n) is 4.65. The molecule has 4 nitrogen and oxygen atoms in total. The van der Waals surface area contributed by atoms with Gasteiger partial charge in [-0.15, -0.1) is 0 Å². The highest BCUT2D eigenvalue weighted by molar-refractivity contribution is 5.66. The fraction of sp³-hybridized carbons (Fsp3) is 0.682. The summed E-state index contributed by atoms with van der Waals surface area (Å²) in [5.41, 5.74) is 1.29. The van der Waals surface area contributed by atoms with Crippen LogP contribution in [0, 0.1) is 0 Å². The Kier molecular flexibility index (Phi) is 7.51.